The maximum atomic E-state index is 6.05. The molecule has 4 heteroatoms. The van der Waals surface area contributed by atoms with E-state index in [2.05, 4.69) is 21.7 Å². The maximum Gasteiger partial charge on any atom is 0.0726 e. The summed E-state index contributed by atoms with van der Waals surface area (Å²) in [6.07, 6.45) is 1.08. The van der Waals surface area contributed by atoms with Gasteiger partial charge in [0.1, 0.15) is 0 Å². The molecule has 0 aliphatic rings. The molecule has 0 unspecified atom stereocenters. The Morgan fingerprint density at radius 2 is 2.06 bits per heavy atom. The third-order valence-corrected chi connectivity index (χ3v) is 3.05. The molecule has 2 rings (SSSR count). The molecule has 0 fully saturated rings. The van der Waals surface area contributed by atoms with Crippen LogP contribution in [0.15, 0.2) is 24.3 Å². The quantitative estimate of drug-likeness (QED) is 0.814. The number of fused-ring (bicyclic) bond motifs is 1. The van der Waals surface area contributed by atoms with Gasteiger partial charge in [-0.1, -0.05) is 11.6 Å². The van der Waals surface area contributed by atoms with E-state index in [0.29, 0.717) is 0 Å². The van der Waals surface area contributed by atoms with Crippen molar-refractivity contribution in [3.05, 3.63) is 35.0 Å². The van der Waals surface area contributed by atoms with Crippen LogP contribution in [0.2, 0.25) is 5.02 Å². The summed E-state index contributed by atoms with van der Waals surface area (Å²) in [5.41, 5.74) is 3.10. The molecule has 0 saturated carbocycles. The first-order valence-corrected chi connectivity index (χ1v) is 6.54. The van der Waals surface area contributed by atoms with Crippen LogP contribution in [0.1, 0.15) is 12.1 Å². The summed E-state index contributed by atoms with van der Waals surface area (Å²) in [7, 11) is 1.96. The molecule has 18 heavy (non-hydrogen) atoms. The normalized spacial score (nSPS) is 10.8. The second kappa shape index (κ2) is 6.03. The summed E-state index contributed by atoms with van der Waals surface area (Å²) >= 11 is 6.05. The van der Waals surface area contributed by atoms with E-state index in [-0.39, 0.29) is 0 Å². The molecule has 0 bridgehead atoms. The van der Waals surface area contributed by atoms with E-state index in [1.165, 1.54) is 0 Å². The molecule has 3 nitrogen and oxygen atoms in total. The average molecular weight is 264 g/mol. The third kappa shape index (κ3) is 3.12. The van der Waals surface area contributed by atoms with Gasteiger partial charge in [0.05, 0.1) is 5.52 Å². The number of aryl methyl sites for hydroxylation is 1. The second-order valence-electron chi connectivity index (χ2n) is 4.36. The Kier molecular flexibility index (Phi) is 4.39. The monoisotopic (exact) mass is 263 g/mol. The van der Waals surface area contributed by atoms with Crippen LogP contribution >= 0.6 is 11.6 Å². The molecule has 0 amide bonds. The molecule has 0 spiro atoms. The lowest BCUT2D eigenvalue weighted by molar-refractivity contribution is 0.748. The van der Waals surface area contributed by atoms with E-state index >= 15 is 0 Å². The highest BCUT2D eigenvalue weighted by molar-refractivity contribution is 6.31. The zero-order valence-corrected chi connectivity index (χ0v) is 11.5. The fourth-order valence-corrected chi connectivity index (χ4v) is 2.14. The Balaban J connectivity index is 2.27. The van der Waals surface area contributed by atoms with Crippen LogP contribution in [-0.4, -0.2) is 25.1 Å². The van der Waals surface area contributed by atoms with Gasteiger partial charge in [0, 0.05) is 28.3 Å². The summed E-state index contributed by atoms with van der Waals surface area (Å²) in [6.45, 7) is 3.95. The summed E-state index contributed by atoms with van der Waals surface area (Å²) in [5, 5.41) is 8.41. The lowest BCUT2D eigenvalue weighted by Crippen LogP contribution is -2.13. The van der Waals surface area contributed by atoms with E-state index in [1.54, 1.807) is 0 Å². The van der Waals surface area contributed by atoms with Crippen LogP contribution in [0.3, 0.4) is 0 Å². The highest BCUT2D eigenvalue weighted by Gasteiger charge is 2.04. The van der Waals surface area contributed by atoms with Crippen molar-refractivity contribution in [3.63, 3.8) is 0 Å². The Labute approximate surface area is 113 Å². The molecule has 1 aromatic heterocycles. The van der Waals surface area contributed by atoms with Gasteiger partial charge in [-0.15, -0.1) is 0 Å². The summed E-state index contributed by atoms with van der Waals surface area (Å²) < 4.78 is 0. The van der Waals surface area contributed by atoms with Crippen molar-refractivity contribution in [2.75, 3.05) is 25.5 Å². The number of nitrogens with zero attached hydrogens (tertiary/aromatic N) is 1. The van der Waals surface area contributed by atoms with E-state index in [4.69, 9.17) is 11.6 Å². The predicted octanol–water partition coefficient (Wildman–Crippen LogP) is 3.22. The van der Waals surface area contributed by atoms with Crippen molar-refractivity contribution in [1.82, 2.24) is 10.3 Å². The second-order valence-corrected chi connectivity index (χ2v) is 4.79. The van der Waals surface area contributed by atoms with E-state index in [1.807, 2.05) is 32.2 Å². The molecule has 2 aromatic rings. The average Bonchev–Trinajstić information content (AvgIpc) is 2.35. The molecular formula is C14H18ClN3. The van der Waals surface area contributed by atoms with Crippen molar-refractivity contribution in [2.45, 2.75) is 13.3 Å². The lowest BCUT2D eigenvalue weighted by atomic mass is 10.1. The zero-order valence-electron chi connectivity index (χ0n) is 10.8. The van der Waals surface area contributed by atoms with Crippen LogP contribution in [-0.2, 0) is 0 Å². The largest absolute Gasteiger partial charge is 0.384 e. The van der Waals surface area contributed by atoms with Crippen LogP contribution in [0.5, 0.6) is 0 Å². The Morgan fingerprint density at radius 3 is 2.83 bits per heavy atom. The number of halogens is 1. The number of benzene rings is 1. The van der Waals surface area contributed by atoms with Gasteiger partial charge >= 0.3 is 0 Å². The summed E-state index contributed by atoms with van der Waals surface area (Å²) in [4.78, 5) is 4.51. The molecule has 0 aliphatic heterocycles. The van der Waals surface area contributed by atoms with Crippen LogP contribution in [0.25, 0.3) is 10.9 Å². The predicted molar refractivity (Wildman–Crippen MR) is 78.5 cm³/mol. The zero-order chi connectivity index (χ0) is 13.0. The van der Waals surface area contributed by atoms with Gasteiger partial charge < -0.3 is 10.6 Å². The number of anilines is 1. The molecule has 0 atom stereocenters. The van der Waals surface area contributed by atoms with Gasteiger partial charge in [-0.25, -0.2) is 0 Å². The first-order valence-electron chi connectivity index (χ1n) is 6.16. The number of rotatable bonds is 5. The van der Waals surface area contributed by atoms with Gasteiger partial charge in [0.25, 0.3) is 0 Å². The molecule has 0 saturated heterocycles. The Hall–Kier alpha value is -1.32. The van der Waals surface area contributed by atoms with Crippen LogP contribution < -0.4 is 10.6 Å². The standard InChI is InChI=1S/C14H18ClN3/c1-10-8-14(17-7-3-6-16-2)12-9-11(15)4-5-13(12)18-10/h4-5,8-9,16H,3,6-7H2,1-2H3,(H,17,18). The molecule has 0 aliphatic carbocycles. The number of aromatic nitrogens is 1. The fourth-order valence-electron chi connectivity index (χ4n) is 1.96. The van der Waals surface area contributed by atoms with Crippen LogP contribution in [0.4, 0.5) is 5.69 Å². The minimum absolute atomic E-state index is 0.742. The van der Waals surface area contributed by atoms with Crippen molar-refractivity contribution < 1.29 is 0 Å². The number of hydrogen-bond acceptors (Lipinski definition) is 3. The number of hydrogen-bond donors (Lipinski definition) is 2. The van der Waals surface area contributed by atoms with Crippen molar-refractivity contribution in [2.24, 2.45) is 0 Å². The molecule has 1 heterocycles. The Morgan fingerprint density at radius 1 is 1.22 bits per heavy atom. The molecule has 0 radical (unpaired) electrons. The molecule has 2 N–H and O–H groups in total. The molecule has 96 valence electrons. The summed E-state index contributed by atoms with van der Waals surface area (Å²) in [6, 6.07) is 7.87. The highest BCUT2D eigenvalue weighted by Crippen LogP contribution is 2.26. The molecule has 1 aromatic carbocycles. The number of pyridine rings is 1. The van der Waals surface area contributed by atoms with Crippen molar-refractivity contribution in [3.8, 4) is 0 Å². The minimum atomic E-state index is 0.742. The minimum Gasteiger partial charge on any atom is -0.384 e. The van der Waals surface area contributed by atoms with Crippen molar-refractivity contribution in [1.29, 1.82) is 0 Å². The van der Waals surface area contributed by atoms with Crippen LogP contribution in [0, 0.1) is 6.92 Å². The van der Waals surface area contributed by atoms with E-state index in [0.717, 1.165) is 46.8 Å². The van der Waals surface area contributed by atoms with Gasteiger partial charge in [-0.2, -0.15) is 0 Å². The fraction of sp³-hybridized carbons (Fsp3) is 0.357. The van der Waals surface area contributed by atoms with Gasteiger partial charge in [0.15, 0.2) is 0 Å². The van der Waals surface area contributed by atoms with Gasteiger partial charge in [0.2, 0.25) is 0 Å². The van der Waals surface area contributed by atoms with Gasteiger partial charge in [-0.3, -0.25) is 4.98 Å². The first kappa shape index (κ1) is 13.1. The van der Waals surface area contributed by atoms with Gasteiger partial charge in [-0.05, 0) is 51.2 Å². The van der Waals surface area contributed by atoms with Crippen molar-refractivity contribution >= 4 is 28.2 Å². The van der Waals surface area contributed by atoms with E-state index < -0.39 is 0 Å². The topological polar surface area (TPSA) is 37.0 Å². The smallest absolute Gasteiger partial charge is 0.0726 e. The van der Waals surface area contributed by atoms with E-state index in [9.17, 15) is 0 Å². The summed E-state index contributed by atoms with van der Waals surface area (Å²) in [5.74, 6) is 0. The molecular weight excluding hydrogens is 246 g/mol. The number of nitrogens with one attached hydrogen (secondary N) is 2. The highest BCUT2D eigenvalue weighted by atomic mass is 35.5. The first-order chi connectivity index (χ1) is 8.70. The SMILES string of the molecule is CNCCCNc1cc(C)nc2ccc(Cl)cc12. The maximum absolute atomic E-state index is 6.05. The third-order valence-electron chi connectivity index (χ3n) is 2.82. The lowest BCUT2D eigenvalue weighted by Gasteiger charge is -2.11. The Bertz CT molecular complexity index is 540.